The van der Waals surface area contributed by atoms with E-state index >= 15 is 0 Å². The summed E-state index contributed by atoms with van der Waals surface area (Å²) in [4.78, 5) is 11.3. The van der Waals surface area contributed by atoms with Gasteiger partial charge in [0.15, 0.2) is 6.10 Å². The van der Waals surface area contributed by atoms with E-state index in [2.05, 4.69) is 5.32 Å². The second kappa shape index (κ2) is 5.34. The van der Waals surface area contributed by atoms with E-state index in [4.69, 9.17) is 15.2 Å². The molecule has 1 amide bonds. The second-order valence-corrected chi connectivity index (χ2v) is 3.21. The summed E-state index contributed by atoms with van der Waals surface area (Å²) in [5.41, 5.74) is 4.81. The smallest absolute Gasteiger partial charge is 0.277 e. The van der Waals surface area contributed by atoms with Crippen molar-refractivity contribution in [1.29, 1.82) is 0 Å². The lowest BCUT2D eigenvalue weighted by atomic mass is 10.3. The third-order valence-corrected chi connectivity index (χ3v) is 1.93. The van der Waals surface area contributed by atoms with E-state index in [-0.39, 0.29) is 6.61 Å². The Labute approximate surface area is 85.9 Å². The molecule has 0 aromatic heterocycles. The second-order valence-electron chi connectivity index (χ2n) is 3.21. The molecule has 0 spiro atoms. The molecule has 5 nitrogen and oxygen atoms in total. The zero-order chi connectivity index (χ0) is 11.3. The first-order chi connectivity index (χ1) is 7.05. The third kappa shape index (κ3) is 4.06. The Hall–Kier alpha value is -0.790. The maximum Gasteiger partial charge on any atom is 0.277 e. The predicted octanol–water partition coefficient (Wildman–Crippen LogP) is -0.888. The summed E-state index contributed by atoms with van der Waals surface area (Å²) in [6.45, 7) is -0.758. The molecule has 7 heteroatoms. The molecule has 1 aliphatic heterocycles. The molecule has 15 heavy (non-hydrogen) atoms. The number of ether oxygens (including phenoxy) is 2. The highest BCUT2D eigenvalue weighted by Crippen LogP contribution is 2.09. The molecule has 1 unspecified atom stereocenters. The SMILES string of the molecule is NCC(F)(F)CNC(=O)C1COCCO1. The molecule has 0 aromatic carbocycles. The molecule has 3 N–H and O–H groups in total. The fourth-order valence-electron chi connectivity index (χ4n) is 1.04. The standard InChI is InChI=1S/C8H14F2N2O3/c9-8(10,4-11)5-12-7(13)6-3-14-1-2-15-6/h6H,1-5,11H2,(H,12,13). The van der Waals surface area contributed by atoms with E-state index in [9.17, 15) is 13.6 Å². The molecule has 1 fully saturated rings. The normalized spacial score (nSPS) is 22.5. The summed E-state index contributed by atoms with van der Waals surface area (Å²) in [5, 5.41) is 2.07. The fraction of sp³-hybridized carbons (Fsp3) is 0.875. The van der Waals surface area contributed by atoms with Gasteiger partial charge in [0, 0.05) is 0 Å². The monoisotopic (exact) mass is 224 g/mol. The summed E-state index contributed by atoms with van der Waals surface area (Å²) in [6, 6.07) is 0. The average Bonchev–Trinajstić information content (AvgIpc) is 2.27. The number of halogens is 2. The maximum atomic E-state index is 12.7. The minimum Gasteiger partial charge on any atom is -0.376 e. The van der Waals surface area contributed by atoms with Gasteiger partial charge in [0.25, 0.3) is 11.8 Å². The molecular weight excluding hydrogens is 210 g/mol. The number of hydrogen-bond donors (Lipinski definition) is 2. The summed E-state index contributed by atoms with van der Waals surface area (Å²) >= 11 is 0. The van der Waals surface area contributed by atoms with Crippen LogP contribution in [0.1, 0.15) is 0 Å². The molecule has 1 heterocycles. The largest absolute Gasteiger partial charge is 0.376 e. The van der Waals surface area contributed by atoms with Gasteiger partial charge < -0.3 is 20.5 Å². The first-order valence-electron chi connectivity index (χ1n) is 4.60. The summed E-state index contributed by atoms with van der Waals surface area (Å²) in [7, 11) is 0. The van der Waals surface area contributed by atoms with E-state index in [0.29, 0.717) is 13.2 Å². The molecule has 0 saturated carbocycles. The van der Waals surface area contributed by atoms with E-state index in [1.165, 1.54) is 0 Å². The van der Waals surface area contributed by atoms with Crippen LogP contribution in [-0.4, -0.2) is 50.8 Å². The maximum absolute atomic E-state index is 12.7. The Morgan fingerprint density at radius 1 is 1.53 bits per heavy atom. The highest BCUT2D eigenvalue weighted by molar-refractivity contribution is 5.81. The summed E-state index contributed by atoms with van der Waals surface area (Å²) < 4.78 is 35.3. The fourth-order valence-corrected chi connectivity index (χ4v) is 1.04. The number of nitrogens with two attached hydrogens (primary N) is 1. The van der Waals surface area contributed by atoms with Crippen LogP contribution in [0, 0.1) is 0 Å². The van der Waals surface area contributed by atoms with Crippen LogP contribution in [0.3, 0.4) is 0 Å². The van der Waals surface area contributed by atoms with Crippen molar-refractivity contribution >= 4 is 5.91 Å². The minimum absolute atomic E-state index is 0.0973. The van der Waals surface area contributed by atoms with Crippen molar-refractivity contribution in [2.45, 2.75) is 12.0 Å². The van der Waals surface area contributed by atoms with Crippen LogP contribution >= 0.6 is 0 Å². The average molecular weight is 224 g/mol. The number of nitrogens with one attached hydrogen (secondary N) is 1. The van der Waals surface area contributed by atoms with Gasteiger partial charge in [-0.05, 0) is 0 Å². The van der Waals surface area contributed by atoms with Crippen molar-refractivity contribution in [3.63, 3.8) is 0 Å². The molecule has 1 atom stereocenters. The third-order valence-electron chi connectivity index (χ3n) is 1.93. The first-order valence-corrected chi connectivity index (χ1v) is 4.60. The van der Waals surface area contributed by atoms with Crippen molar-refractivity contribution < 1.29 is 23.0 Å². The van der Waals surface area contributed by atoms with Gasteiger partial charge in [0.1, 0.15) is 0 Å². The van der Waals surface area contributed by atoms with Crippen molar-refractivity contribution in [1.82, 2.24) is 5.32 Å². The topological polar surface area (TPSA) is 73.6 Å². The molecular formula is C8H14F2N2O3. The Kier molecular flexibility index (Phi) is 4.37. The Balaban J connectivity index is 2.28. The molecule has 0 radical (unpaired) electrons. The Morgan fingerprint density at radius 3 is 2.80 bits per heavy atom. The van der Waals surface area contributed by atoms with Crippen molar-refractivity contribution in [3.05, 3.63) is 0 Å². The lowest BCUT2D eigenvalue weighted by Crippen LogP contribution is -2.48. The lowest BCUT2D eigenvalue weighted by Gasteiger charge is -2.23. The van der Waals surface area contributed by atoms with Crippen LogP contribution in [0.2, 0.25) is 0 Å². The van der Waals surface area contributed by atoms with Crippen LogP contribution in [0.15, 0.2) is 0 Å². The molecule has 1 aliphatic rings. The van der Waals surface area contributed by atoms with E-state index in [1.807, 2.05) is 0 Å². The van der Waals surface area contributed by atoms with Gasteiger partial charge in [0.2, 0.25) is 0 Å². The van der Waals surface area contributed by atoms with Crippen molar-refractivity contribution in [2.75, 3.05) is 32.9 Å². The minimum atomic E-state index is -3.08. The van der Waals surface area contributed by atoms with Gasteiger partial charge in [-0.1, -0.05) is 0 Å². The van der Waals surface area contributed by atoms with E-state index in [1.54, 1.807) is 0 Å². The molecule has 1 rings (SSSR count). The van der Waals surface area contributed by atoms with Gasteiger partial charge >= 0.3 is 0 Å². The van der Waals surface area contributed by atoms with E-state index < -0.39 is 31.0 Å². The number of alkyl halides is 2. The zero-order valence-corrected chi connectivity index (χ0v) is 8.17. The van der Waals surface area contributed by atoms with Gasteiger partial charge in [-0.25, -0.2) is 8.78 Å². The van der Waals surface area contributed by atoms with Gasteiger partial charge in [-0.2, -0.15) is 0 Å². The molecule has 1 saturated heterocycles. The van der Waals surface area contributed by atoms with Crippen molar-refractivity contribution in [2.24, 2.45) is 5.73 Å². The van der Waals surface area contributed by atoms with Crippen LogP contribution in [0.5, 0.6) is 0 Å². The number of hydrogen-bond acceptors (Lipinski definition) is 4. The Bertz CT molecular complexity index is 220. The van der Waals surface area contributed by atoms with Gasteiger partial charge in [-0.15, -0.1) is 0 Å². The molecule has 88 valence electrons. The van der Waals surface area contributed by atoms with Crippen LogP contribution in [0.25, 0.3) is 0 Å². The zero-order valence-electron chi connectivity index (χ0n) is 8.17. The van der Waals surface area contributed by atoms with Crippen LogP contribution < -0.4 is 11.1 Å². The summed E-state index contributed by atoms with van der Waals surface area (Å²) in [5.74, 6) is -3.67. The van der Waals surface area contributed by atoms with E-state index in [0.717, 1.165) is 0 Å². The van der Waals surface area contributed by atoms with Crippen LogP contribution in [0.4, 0.5) is 8.78 Å². The predicted molar refractivity (Wildman–Crippen MR) is 47.6 cm³/mol. The molecule has 0 aliphatic carbocycles. The first kappa shape index (κ1) is 12.3. The summed E-state index contributed by atoms with van der Waals surface area (Å²) in [6.07, 6.45) is -0.799. The number of amides is 1. The van der Waals surface area contributed by atoms with Gasteiger partial charge in [0.05, 0.1) is 32.9 Å². The Morgan fingerprint density at radius 2 is 2.27 bits per heavy atom. The molecule has 0 aromatic rings. The highest BCUT2D eigenvalue weighted by Gasteiger charge is 2.30. The number of carbonyl (C=O) groups is 1. The lowest BCUT2D eigenvalue weighted by molar-refractivity contribution is -0.149. The molecule has 0 bridgehead atoms. The number of rotatable bonds is 4. The highest BCUT2D eigenvalue weighted by atomic mass is 19.3. The van der Waals surface area contributed by atoms with Crippen molar-refractivity contribution in [3.8, 4) is 0 Å². The quantitative estimate of drug-likeness (QED) is 0.650. The van der Waals surface area contributed by atoms with Gasteiger partial charge in [-0.3, -0.25) is 4.79 Å². The van der Waals surface area contributed by atoms with Crippen LogP contribution in [-0.2, 0) is 14.3 Å². The number of carbonyl (C=O) groups excluding carboxylic acids is 1.